The first-order valence-corrected chi connectivity index (χ1v) is 6.91. The number of rotatable bonds is 2. The highest BCUT2D eigenvalue weighted by Gasteiger charge is 2.66. The van der Waals surface area contributed by atoms with Crippen LogP contribution < -0.4 is 0 Å². The summed E-state index contributed by atoms with van der Waals surface area (Å²) in [5, 5.41) is 0. The molecule has 3 atom stereocenters. The van der Waals surface area contributed by atoms with Crippen molar-refractivity contribution in [3.8, 4) is 0 Å². The normalized spacial score (nSPS) is 43.1. The van der Waals surface area contributed by atoms with E-state index in [2.05, 4.69) is 6.58 Å². The van der Waals surface area contributed by atoms with Crippen molar-refractivity contribution in [1.82, 2.24) is 0 Å². The lowest BCUT2D eigenvalue weighted by molar-refractivity contribution is -0.125. The average molecular weight is 244 g/mol. The van der Waals surface area contributed by atoms with E-state index in [4.69, 9.17) is 4.55 Å². The topological polar surface area (TPSA) is 71.4 Å². The maximum absolute atomic E-state index is 12.0. The molecule has 16 heavy (non-hydrogen) atoms. The van der Waals surface area contributed by atoms with E-state index in [1.165, 1.54) is 0 Å². The van der Waals surface area contributed by atoms with Gasteiger partial charge in [0.05, 0.1) is 5.75 Å². The van der Waals surface area contributed by atoms with Gasteiger partial charge in [0, 0.05) is 10.8 Å². The van der Waals surface area contributed by atoms with Gasteiger partial charge in [0.15, 0.2) is 5.78 Å². The lowest BCUT2D eigenvalue weighted by Crippen LogP contribution is -2.40. The number of carbonyl (C=O) groups excluding carboxylic acids is 1. The highest BCUT2D eigenvalue weighted by molar-refractivity contribution is 7.85. The van der Waals surface area contributed by atoms with E-state index in [0.29, 0.717) is 12.0 Å². The van der Waals surface area contributed by atoms with E-state index >= 15 is 0 Å². The molecule has 5 heteroatoms. The third-order valence-electron chi connectivity index (χ3n) is 4.66. The fraction of sp³-hybridized carbons (Fsp3) is 0.727. The minimum atomic E-state index is -4.07. The second kappa shape index (κ2) is 2.96. The van der Waals surface area contributed by atoms with Crippen molar-refractivity contribution in [1.29, 1.82) is 0 Å². The molecule has 0 aromatic carbocycles. The zero-order valence-electron chi connectivity index (χ0n) is 9.49. The van der Waals surface area contributed by atoms with Crippen LogP contribution in [0, 0.1) is 16.7 Å². The summed E-state index contributed by atoms with van der Waals surface area (Å²) in [6.45, 7) is 7.33. The van der Waals surface area contributed by atoms with Crippen LogP contribution in [-0.2, 0) is 14.9 Å². The average Bonchev–Trinajstić information content (AvgIpc) is 2.40. The summed E-state index contributed by atoms with van der Waals surface area (Å²) in [7, 11) is -4.07. The molecule has 0 spiro atoms. The van der Waals surface area contributed by atoms with Crippen LogP contribution >= 0.6 is 0 Å². The number of allylic oxidation sites excluding steroid dienone is 1. The molecule has 0 aromatic rings. The van der Waals surface area contributed by atoms with Crippen molar-refractivity contribution in [3.63, 3.8) is 0 Å². The Morgan fingerprint density at radius 2 is 2.06 bits per heavy atom. The predicted molar refractivity (Wildman–Crippen MR) is 59.5 cm³/mol. The van der Waals surface area contributed by atoms with Crippen LogP contribution in [0.4, 0.5) is 0 Å². The molecule has 0 aliphatic heterocycles. The standard InChI is InChI=1S/C11H16O4S/c1-7-8-4-5-10(2,9(7)12)11(8,3)6-16(13,14)15/h8H,1,4-6H2,2-3H3,(H,13,14,15). The molecule has 2 saturated carbocycles. The van der Waals surface area contributed by atoms with Gasteiger partial charge in [-0.25, -0.2) is 0 Å². The molecule has 2 rings (SSSR count). The molecule has 0 aromatic heterocycles. The maximum Gasteiger partial charge on any atom is 0.265 e. The number of Topliss-reactive ketones (excluding diaryl/α,β-unsaturated/α-hetero) is 1. The van der Waals surface area contributed by atoms with Crippen LogP contribution in [0.1, 0.15) is 26.7 Å². The molecular weight excluding hydrogens is 228 g/mol. The SMILES string of the molecule is C=C1C(=O)C2(C)CCC1C2(C)CS(=O)(=O)O. The third-order valence-corrected chi connectivity index (χ3v) is 5.62. The Morgan fingerprint density at radius 1 is 1.50 bits per heavy atom. The van der Waals surface area contributed by atoms with Gasteiger partial charge in [-0.15, -0.1) is 0 Å². The summed E-state index contributed by atoms with van der Waals surface area (Å²) in [4.78, 5) is 12.0. The molecule has 90 valence electrons. The molecule has 0 saturated heterocycles. The largest absolute Gasteiger partial charge is 0.294 e. The van der Waals surface area contributed by atoms with Crippen molar-refractivity contribution in [2.24, 2.45) is 16.7 Å². The van der Waals surface area contributed by atoms with Gasteiger partial charge in [-0.3, -0.25) is 9.35 Å². The Hall–Kier alpha value is -0.680. The molecule has 2 aliphatic rings. The molecule has 1 N–H and O–H groups in total. The van der Waals surface area contributed by atoms with E-state index in [0.717, 1.165) is 6.42 Å². The molecule has 2 bridgehead atoms. The molecule has 4 nitrogen and oxygen atoms in total. The van der Waals surface area contributed by atoms with Gasteiger partial charge in [-0.1, -0.05) is 20.4 Å². The smallest absolute Gasteiger partial charge is 0.265 e. The zero-order chi connectivity index (χ0) is 12.4. The Bertz CT molecular complexity index is 478. The Kier molecular flexibility index (Phi) is 2.18. The van der Waals surface area contributed by atoms with Crippen LogP contribution in [-0.4, -0.2) is 24.5 Å². The molecule has 0 heterocycles. The van der Waals surface area contributed by atoms with E-state index in [1.807, 2.05) is 0 Å². The van der Waals surface area contributed by atoms with Crippen molar-refractivity contribution in [2.45, 2.75) is 26.7 Å². The molecule has 2 aliphatic carbocycles. The van der Waals surface area contributed by atoms with Crippen molar-refractivity contribution in [2.75, 3.05) is 5.75 Å². The van der Waals surface area contributed by atoms with Gasteiger partial charge in [0.1, 0.15) is 0 Å². The monoisotopic (exact) mass is 244 g/mol. The summed E-state index contributed by atoms with van der Waals surface area (Å²) in [6.07, 6.45) is 1.47. The molecule has 2 fully saturated rings. The number of fused-ring (bicyclic) bond motifs is 2. The highest BCUT2D eigenvalue weighted by Crippen LogP contribution is 2.65. The van der Waals surface area contributed by atoms with Crippen molar-refractivity contribution >= 4 is 15.9 Å². The lowest BCUT2D eigenvalue weighted by atomic mass is 9.70. The van der Waals surface area contributed by atoms with Gasteiger partial charge in [0.25, 0.3) is 10.1 Å². The van der Waals surface area contributed by atoms with E-state index in [1.54, 1.807) is 13.8 Å². The van der Waals surface area contributed by atoms with Gasteiger partial charge in [-0.2, -0.15) is 8.42 Å². The van der Waals surface area contributed by atoms with Crippen LogP contribution in [0.15, 0.2) is 12.2 Å². The van der Waals surface area contributed by atoms with Gasteiger partial charge in [0.2, 0.25) is 0 Å². The van der Waals surface area contributed by atoms with Crippen LogP contribution in [0.25, 0.3) is 0 Å². The molecular formula is C11H16O4S. The number of ketones is 1. The first-order valence-electron chi connectivity index (χ1n) is 5.30. The minimum Gasteiger partial charge on any atom is -0.294 e. The van der Waals surface area contributed by atoms with Gasteiger partial charge < -0.3 is 0 Å². The molecule has 0 radical (unpaired) electrons. The Balaban J connectivity index is 2.51. The predicted octanol–water partition coefficient (Wildman–Crippen LogP) is 1.44. The second-order valence-electron chi connectivity index (χ2n) is 5.42. The fourth-order valence-corrected chi connectivity index (χ4v) is 4.78. The van der Waals surface area contributed by atoms with E-state index in [9.17, 15) is 13.2 Å². The maximum atomic E-state index is 12.0. The zero-order valence-corrected chi connectivity index (χ0v) is 10.3. The molecule has 3 unspecified atom stereocenters. The van der Waals surface area contributed by atoms with Crippen LogP contribution in [0.5, 0.6) is 0 Å². The Morgan fingerprint density at radius 3 is 2.44 bits per heavy atom. The van der Waals surface area contributed by atoms with Gasteiger partial charge in [-0.05, 0) is 24.3 Å². The lowest BCUT2D eigenvalue weighted by Gasteiger charge is -2.34. The van der Waals surface area contributed by atoms with Crippen LogP contribution in [0.2, 0.25) is 0 Å². The first-order chi connectivity index (χ1) is 7.12. The summed E-state index contributed by atoms with van der Waals surface area (Å²) in [5.74, 6) is -0.492. The first kappa shape index (κ1) is 11.8. The van der Waals surface area contributed by atoms with Gasteiger partial charge >= 0.3 is 0 Å². The number of hydrogen-bond acceptors (Lipinski definition) is 3. The summed E-state index contributed by atoms with van der Waals surface area (Å²) >= 11 is 0. The highest BCUT2D eigenvalue weighted by atomic mass is 32.2. The van der Waals surface area contributed by atoms with E-state index < -0.39 is 20.9 Å². The summed E-state index contributed by atoms with van der Waals surface area (Å²) in [5.41, 5.74) is -0.848. The van der Waals surface area contributed by atoms with Crippen LogP contribution in [0.3, 0.4) is 0 Å². The number of carbonyl (C=O) groups is 1. The fourth-order valence-electron chi connectivity index (χ4n) is 3.50. The van der Waals surface area contributed by atoms with Crippen molar-refractivity contribution in [3.05, 3.63) is 12.2 Å². The minimum absolute atomic E-state index is 0.0325. The van der Waals surface area contributed by atoms with Crippen molar-refractivity contribution < 1.29 is 17.8 Å². The summed E-state index contributed by atoms with van der Waals surface area (Å²) in [6, 6.07) is 0. The molecule has 0 amide bonds. The summed E-state index contributed by atoms with van der Waals surface area (Å²) < 4.78 is 31.2. The quantitative estimate of drug-likeness (QED) is 0.589. The van der Waals surface area contributed by atoms with E-state index in [-0.39, 0.29) is 17.5 Å². The second-order valence-corrected chi connectivity index (χ2v) is 6.87. The Labute approximate surface area is 95.5 Å². The number of hydrogen-bond donors (Lipinski definition) is 1. The third kappa shape index (κ3) is 1.24.